The highest BCUT2D eigenvalue weighted by atomic mass is 16.5. The Hall–Kier alpha value is -2.10. The number of benzene rings is 1. The summed E-state index contributed by atoms with van der Waals surface area (Å²) in [4.78, 5) is 22.5. The molecule has 0 aliphatic rings. The molecule has 4 nitrogen and oxygen atoms in total. The fraction of sp³-hybridized carbons (Fsp3) is 0.231. The van der Waals surface area contributed by atoms with Crippen LogP contribution >= 0.6 is 0 Å². The van der Waals surface area contributed by atoms with Crippen LogP contribution in [0.4, 0.5) is 0 Å². The van der Waals surface area contributed by atoms with Crippen molar-refractivity contribution in [2.45, 2.75) is 6.42 Å². The molecule has 0 bridgehead atoms. The summed E-state index contributed by atoms with van der Waals surface area (Å²) < 4.78 is 4.47. The molecule has 0 radical (unpaired) electrons. The van der Waals surface area contributed by atoms with Crippen molar-refractivity contribution in [3.8, 4) is 0 Å². The molecule has 17 heavy (non-hydrogen) atoms. The first-order chi connectivity index (χ1) is 8.13. The van der Waals surface area contributed by atoms with E-state index in [0.717, 1.165) is 5.56 Å². The number of nitrogens with one attached hydrogen (secondary N) is 1. The molecule has 0 saturated heterocycles. The average molecular weight is 233 g/mol. The smallest absolute Gasteiger partial charge is 0.334 e. The fourth-order valence-corrected chi connectivity index (χ4v) is 1.27. The Balaban J connectivity index is 2.36. The summed E-state index contributed by atoms with van der Waals surface area (Å²) in [5.74, 6) is -0.661. The first-order valence-electron chi connectivity index (χ1n) is 5.20. The van der Waals surface area contributed by atoms with Crippen molar-refractivity contribution < 1.29 is 14.3 Å². The maximum Gasteiger partial charge on any atom is 0.334 e. The number of carbonyl (C=O) groups is 2. The van der Waals surface area contributed by atoms with Gasteiger partial charge in [0.15, 0.2) is 0 Å². The van der Waals surface area contributed by atoms with Gasteiger partial charge in [0.1, 0.15) is 0 Å². The molecule has 0 unspecified atom stereocenters. The Bertz CT molecular complexity index is 412. The quantitative estimate of drug-likeness (QED) is 0.611. The molecule has 0 saturated carbocycles. The number of ether oxygens (including phenoxy) is 1. The molecule has 0 aromatic heterocycles. The molecule has 0 aliphatic carbocycles. The van der Waals surface area contributed by atoms with Crippen LogP contribution in [0.2, 0.25) is 0 Å². The second-order valence-corrected chi connectivity index (χ2v) is 3.53. The summed E-state index contributed by atoms with van der Waals surface area (Å²) in [5.41, 5.74) is 1.16. The van der Waals surface area contributed by atoms with Crippen LogP contribution in [0.15, 0.2) is 42.5 Å². The molecule has 90 valence electrons. The van der Waals surface area contributed by atoms with Crippen molar-refractivity contribution in [2.75, 3.05) is 13.7 Å². The second-order valence-electron chi connectivity index (χ2n) is 3.53. The van der Waals surface area contributed by atoms with E-state index in [1.54, 1.807) is 0 Å². The van der Waals surface area contributed by atoms with Crippen molar-refractivity contribution >= 4 is 11.9 Å². The predicted molar refractivity (Wildman–Crippen MR) is 64.3 cm³/mol. The monoisotopic (exact) mass is 233 g/mol. The molecule has 1 aromatic carbocycles. The normalized spacial score (nSPS) is 9.47. The van der Waals surface area contributed by atoms with Crippen LogP contribution in [0.3, 0.4) is 0 Å². The number of rotatable bonds is 5. The lowest BCUT2D eigenvalue weighted by atomic mass is 10.1. The molecule has 0 heterocycles. The lowest BCUT2D eigenvalue weighted by Gasteiger charge is -2.06. The Morgan fingerprint density at radius 2 is 1.94 bits per heavy atom. The highest BCUT2D eigenvalue weighted by molar-refractivity contribution is 5.89. The van der Waals surface area contributed by atoms with Crippen molar-refractivity contribution in [3.63, 3.8) is 0 Å². The number of amides is 1. The van der Waals surface area contributed by atoms with Gasteiger partial charge in [-0.25, -0.2) is 4.79 Å². The highest BCUT2D eigenvalue weighted by Gasteiger charge is 2.08. The molecule has 1 aromatic rings. The number of carbonyl (C=O) groups excluding carboxylic acids is 2. The van der Waals surface area contributed by atoms with E-state index in [9.17, 15) is 9.59 Å². The molecule has 1 N–H and O–H groups in total. The third-order valence-corrected chi connectivity index (χ3v) is 2.18. The summed E-state index contributed by atoms with van der Waals surface area (Å²) in [6.07, 6.45) is 0.287. The first-order valence-corrected chi connectivity index (χ1v) is 5.20. The molecule has 0 fully saturated rings. The average Bonchev–Trinajstić information content (AvgIpc) is 2.36. The Labute approximate surface area is 100 Å². The Kier molecular flexibility index (Phi) is 4.94. The van der Waals surface area contributed by atoms with Gasteiger partial charge in [-0.05, 0) is 5.56 Å². The number of hydrogen-bond donors (Lipinski definition) is 1. The van der Waals surface area contributed by atoms with Crippen molar-refractivity contribution in [3.05, 3.63) is 48.0 Å². The molecule has 1 amide bonds. The van der Waals surface area contributed by atoms with E-state index in [2.05, 4.69) is 16.6 Å². The Morgan fingerprint density at radius 1 is 1.29 bits per heavy atom. The number of methoxy groups -OCH3 is 1. The van der Waals surface area contributed by atoms with Gasteiger partial charge < -0.3 is 10.1 Å². The number of hydrogen-bond acceptors (Lipinski definition) is 3. The zero-order chi connectivity index (χ0) is 12.7. The minimum absolute atomic E-state index is 0.109. The standard InChI is InChI=1S/C13H15NO3/c1-10(13(16)17-2)9-14-12(15)8-11-6-4-3-5-7-11/h3-7H,1,8-9H2,2H3,(H,14,15). The van der Waals surface area contributed by atoms with Crippen LogP contribution in [-0.4, -0.2) is 25.5 Å². The van der Waals surface area contributed by atoms with E-state index in [4.69, 9.17) is 0 Å². The van der Waals surface area contributed by atoms with E-state index in [1.165, 1.54) is 7.11 Å². The molecule has 4 heteroatoms. The minimum atomic E-state index is -0.509. The lowest BCUT2D eigenvalue weighted by molar-refractivity contribution is -0.136. The zero-order valence-corrected chi connectivity index (χ0v) is 9.73. The zero-order valence-electron chi connectivity index (χ0n) is 9.73. The van der Waals surface area contributed by atoms with Gasteiger partial charge in [-0.2, -0.15) is 0 Å². The van der Waals surface area contributed by atoms with Gasteiger partial charge in [0.25, 0.3) is 0 Å². The van der Waals surface area contributed by atoms with Crippen LogP contribution in [-0.2, 0) is 20.7 Å². The van der Waals surface area contributed by atoms with Crippen molar-refractivity contribution in [1.82, 2.24) is 5.32 Å². The summed E-state index contributed by atoms with van der Waals surface area (Å²) in [5, 5.41) is 2.61. The SMILES string of the molecule is C=C(CNC(=O)Cc1ccccc1)C(=O)OC. The van der Waals surface area contributed by atoms with Crippen LogP contribution in [0, 0.1) is 0 Å². The van der Waals surface area contributed by atoms with Crippen LogP contribution in [0.1, 0.15) is 5.56 Å². The first kappa shape index (κ1) is 13.0. The van der Waals surface area contributed by atoms with E-state index in [0.29, 0.717) is 0 Å². The van der Waals surface area contributed by atoms with Crippen molar-refractivity contribution in [1.29, 1.82) is 0 Å². The van der Waals surface area contributed by atoms with E-state index in [-0.39, 0.29) is 24.4 Å². The molecule has 1 rings (SSSR count). The summed E-state index contributed by atoms with van der Waals surface area (Å²) in [6.45, 7) is 3.62. The van der Waals surface area contributed by atoms with Gasteiger partial charge in [0.05, 0.1) is 13.5 Å². The van der Waals surface area contributed by atoms with Crippen LogP contribution in [0.5, 0.6) is 0 Å². The largest absolute Gasteiger partial charge is 0.466 e. The summed E-state index contributed by atoms with van der Waals surface area (Å²) >= 11 is 0. The molecule has 0 aliphatic heterocycles. The summed E-state index contributed by atoms with van der Waals surface area (Å²) in [6, 6.07) is 9.37. The van der Waals surface area contributed by atoms with Gasteiger partial charge in [0.2, 0.25) is 5.91 Å². The van der Waals surface area contributed by atoms with E-state index >= 15 is 0 Å². The molecular weight excluding hydrogens is 218 g/mol. The van der Waals surface area contributed by atoms with Gasteiger partial charge in [-0.1, -0.05) is 36.9 Å². The minimum Gasteiger partial charge on any atom is -0.466 e. The van der Waals surface area contributed by atoms with Crippen molar-refractivity contribution in [2.24, 2.45) is 0 Å². The van der Waals surface area contributed by atoms with Crippen LogP contribution < -0.4 is 5.32 Å². The maximum absolute atomic E-state index is 11.5. The van der Waals surface area contributed by atoms with Gasteiger partial charge >= 0.3 is 5.97 Å². The molecule has 0 atom stereocenters. The lowest BCUT2D eigenvalue weighted by Crippen LogP contribution is -2.29. The number of esters is 1. The van der Waals surface area contributed by atoms with E-state index in [1.807, 2.05) is 30.3 Å². The predicted octanol–water partition coefficient (Wildman–Crippen LogP) is 1.07. The highest BCUT2D eigenvalue weighted by Crippen LogP contribution is 1.99. The third kappa shape index (κ3) is 4.51. The van der Waals surface area contributed by atoms with Gasteiger partial charge in [0, 0.05) is 12.1 Å². The summed E-state index contributed by atoms with van der Waals surface area (Å²) in [7, 11) is 1.28. The van der Waals surface area contributed by atoms with E-state index < -0.39 is 5.97 Å². The molecular formula is C13H15NO3. The van der Waals surface area contributed by atoms with Gasteiger partial charge in [-0.15, -0.1) is 0 Å². The topological polar surface area (TPSA) is 55.4 Å². The van der Waals surface area contributed by atoms with Crippen LogP contribution in [0.25, 0.3) is 0 Å². The van der Waals surface area contributed by atoms with Gasteiger partial charge in [-0.3, -0.25) is 4.79 Å². The Morgan fingerprint density at radius 3 is 2.53 bits per heavy atom. The molecule has 0 spiro atoms. The fourth-order valence-electron chi connectivity index (χ4n) is 1.27. The third-order valence-electron chi connectivity index (χ3n) is 2.18. The second kappa shape index (κ2) is 6.48. The maximum atomic E-state index is 11.5.